The predicted molar refractivity (Wildman–Crippen MR) is 77.7 cm³/mol. The number of aromatic nitrogens is 3. The van der Waals surface area contributed by atoms with Crippen molar-refractivity contribution in [2.24, 2.45) is 5.73 Å². The number of hydrogen-bond donors (Lipinski definition) is 1. The van der Waals surface area contributed by atoms with Gasteiger partial charge >= 0.3 is 0 Å². The SMILES string of the molecule is NCCn1cc(-c2ccc(N3CCOCC3=O)cc2)nn1. The van der Waals surface area contributed by atoms with Gasteiger partial charge in [0.2, 0.25) is 0 Å². The van der Waals surface area contributed by atoms with Crippen LogP contribution in [0.5, 0.6) is 0 Å². The number of nitrogens with two attached hydrogens (primary N) is 1. The lowest BCUT2D eigenvalue weighted by Crippen LogP contribution is -2.41. The van der Waals surface area contributed by atoms with Gasteiger partial charge in [-0.3, -0.25) is 9.48 Å². The van der Waals surface area contributed by atoms with E-state index in [0.717, 1.165) is 16.9 Å². The zero-order valence-electron chi connectivity index (χ0n) is 11.6. The summed E-state index contributed by atoms with van der Waals surface area (Å²) >= 11 is 0. The maximum atomic E-state index is 11.8. The van der Waals surface area contributed by atoms with Gasteiger partial charge in [0.25, 0.3) is 5.91 Å². The van der Waals surface area contributed by atoms with Crippen molar-refractivity contribution in [3.63, 3.8) is 0 Å². The van der Waals surface area contributed by atoms with Crippen LogP contribution >= 0.6 is 0 Å². The number of benzene rings is 1. The summed E-state index contributed by atoms with van der Waals surface area (Å²) in [6.45, 7) is 2.48. The molecular formula is C14H17N5O2. The molecule has 0 aliphatic carbocycles. The minimum Gasteiger partial charge on any atom is -0.370 e. The van der Waals surface area contributed by atoms with Gasteiger partial charge in [-0.2, -0.15) is 0 Å². The van der Waals surface area contributed by atoms with Crippen LogP contribution in [0, 0.1) is 0 Å². The summed E-state index contributed by atoms with van der Waals surface area (Å²) in [7, 11) is 0. The Bertz CT molecular complexity index is 623. The highest BCUT2D eigenvalue weighted by atomic mass is 16.5. The largest absolute Gasteiger partial charge is 0.370 e. The molecule has 7 nitrogen and oxygen atoms in total. The van der Waals surface area contributed by atoms with E-state index in [1.54, 1.807) is 9.58 Å². The number of nitrogens with zero attached hydrogens (tertiary/aromatic N) is 4. The van der Waals surface area contributed by atoms with E-state index < -0.39 is 0 Å². The fourth-order valence-electron chi connectivity index (χ4n) is 2.28. The Balaban J connectivity index is 1.78. The number of anilines is 1. The van der Waals surface area contributed by atoms with Gasteiger partial charge < -0.3 is 15.4 Å². The highest BCUT2D eigenvalue weighted by Gasteiger charge is 2.20. The van der Waals surface area contributed by atoms with Gasteiger partial charge in [-0.25, -0.2) is 0 Å². The Morgan fingerprint density at radius 2 is 2.10 bits per heavy atom. The van der Waals surface area contributed by atoms with E-state index in [1.165, 1.54) is 0 Å². The summed E-state index contributed by atoms with van der Waals surface area (Å²) in [5.41, 5.74) is 8.12. The Morgan fingerprint density at radius 1 is 1.29 bits per heavy atom. The molecule has 1 saturated heterocycles. The summed E-state index contributed by atoms with van der Waals surface area (Å²) in [6.07, 6.45) is 1.86. The zero-order valence-corrected chi connectivity index (χ0v) is 11.6. The average Bonchev–Trinajstić information content (AvgIpc) is 2.97. The van der Waals surface area contributed by atoms with Crippen LogP contribution in [-0.4, -0.2) is 47.2 Å². The van der Waals surface area contributed by atoms with Crippen molar-refractivity contribution in [3.05, 3.63) is 30.5 Å². The van der Waals surface area contributed by atoms with Crippen molar-refractivity contribution in [1.82, 2.24) is 15.0 Å². The van der Waals surface area contributed by atoms with Crippen LogP contribution in [-0.2, 0) is 16.1 Å². The van der Waals surface area contributed by atoms with Crippen LogP contribution in [0.2, 0.25) is 0 Å². The molecule has 0 spiro atoms. The molecule has 7 heteroatoms. The maximum absolute atomic E-state index is 11.8. The number of rotatable bonds is 4. The van der Waals surface area contributed by atoms with Crippen molar-refractivity contribution in [2.75, 3.05) is 31.2 Å². The molecule has 1 aliphatic rings. The van der Waals surface area contributed by atoms with E-state index in [4.69, 9.17) is 10.5 Å². The summed E-state index contributed by atoms with van der Waals surface area (Å²) in [4.78, 5) is 13.5. The number of amides is 1. The summed E-state index contributed by atoms with van der Waals surface area (Å²) in [5.74, 6) is -0.0112. The second-order valence-corrected chi connectivity index (χ2v) is 4.80. The smallest absolute Gasteiger partial charge is 0.253 e. The summed E-state index contributed by atoms with van der Waals surface area (Å²) < 4.78 is 6.85. The van der Waals surface area contributed by atoms with Crippen molar-refractivity contribution in [1.29, 1.82) is 0 Å². The molecule has 0 atom stereocenters. The number of carbonyl (C=O) groups excluding carboxylic acids is 1. The van der Waals surface area contributed by atoms with E-state index in [1.807, 2.05) is 30.5 Å². The number of hydrogen-bond acceptors (Lipinski definition) is 5. The summed E-state index contributed by atoms with van der Waals surface area (Å²) in [5, 5.41) is 8.13. The third-order valence-electron chi connectivity index (χ3n) is 3.36. The molecule has 0 saturated carbocycles. The average molecular weight is 287 g/mol. The number of carbonyl (C=O) groups is 1. The van der Waals surface area contributed by atoms with Crippen molar-refractivity contribution in [2.45, 2.75) is 6.54 Å². The minimum absolute atomic E-state index is 0.0112. The fourth-order valence-corrected chi connectivity index (χ4v) is 2.28. The molecule has 3 rings (SSSR count). The Labute approximate surface area is 122 Å². The van der Waals surface area contributed by atoms with E-state index in [9.17, 15) is 4.79 Å². The van der Waals surface area contributed by atoms with Gasteiger partial charge in [0, 0.05) is 24.3 Å². The molecule has 2 aromatic rings. The van der Waals surface area contributed by atoms with Gasteiger partial charge in [0.1, 0.15) is 12.3 Å². The van der Waals surface area contributed by atoms with Gasteiger partial charge in [0.15, 0.2) is 0 Å². The Kier molecular flexibility index (Phi) is 3.94. The van der Waals surface area contributed by atoms with Crippen LogP contribution in [0.4, 0.5) is 5.69 Å². The second kappa shape index (κ2) is 6.02. The fraction of sp³-hybridized carbons (Fsp3) is 0.357. The maximum Gasteiger partial charge on any atom is 0.253 e. The van der Waals surface area contributed by atoms with Gasteiger partial charge in [-0.15, -0.1) is 5.10 Å². The highest BCUT2D eigenvalue weighted by Crippen LogP contribution is 2.22. The third kappa shape index (κ3) is 2.93. The topological polar surface area (TPSA) is 86.3 Å². The molecule has 1 fully saturated rings. The number of ether oxygens (including phenoxy) is 1. The van der Waals surface area contributed by atoms with Crippen LogP contribution in [0.25, 0.3) is 11.3 Å². The molecule has 1 aromatic heterocycles. The first-order valence-electron chi connectivity index (χ1n) is 6.86. The van der Waals surface area contributed by atoms with Gasteiger partial charge in [-0.1, -0.05) is 17.3 Å². The highest BCUT2D eigenvalue weighted by molar-refractivity contribution is 5.95. The van der Waals surface area contributed by atoms with Crippen LogP contribution in [0.3, 0.4) is 0 Å². The lowest BCUT2D eigenvalue weighted by atomic mass is 10.1. The molecular weight excluding hydrogens is 270 g/mol. The van der Waals surface area contributed by atoms with Crippen LogP contribution in [0.1, 0.15) is 0 Å². The second-order valence-electron chi connectivity index (χ2n) is 4.80. The molecule has 110 valence electrons. The molecule has 0 bridgehead atoms. The predicted octanol–water partition coefficient (Wildman–Crippen LogP) is 0.267. The van der Waals surface area contributed by atoms with Gasteiger partial charge in [0.05, 0.1) is 19.3 Å². The first-order valence-corrected chi connectivity index (χ1v) is 6.86. The molecule has 0 unspecified atom stereocenters. The van der Waals surface area contributed by atoms with Gasteiger partial charge in [-0.05, 0) is 12.1 Å². The molecule has 2 heterocycles. The van der Waals surface area contributed by atoms with Crippen molar-refractivity contribution in [3.8, 4) is 11.3 Å². The Morgan fingerprint density at radius 3 is 2.81 bits per heavy atom. The Hall–Kier alpha value is -2.25. The van der Waals surface area contributed by atoms with E-state index in [2.05, 4.69) is 10.3 Å². The molecule has 0 radical (unpaired) electrons. The monoisotopic (exact) mass is 287 g/mol. The molecule has 2 N–H and O–H groups in total. The minimum atomic E-state index is -0.0112. The van der Waals surface area contributed by atoms with Crippen molar-refractivity contribution < 1.29 is 9.53 Å². The molecule has 1 amide bonds. The normalized spacial score (nSPS) is 15.5. The summed E-state index contributed by atoms with van der Waals surface area (Å²) in [6, 6.07) is 7.71. The lowest BCUT2D eigenvalue weighted by Gasteiger charge is -2.26. The molecule has 1 aliphatic heterocycles. The third-order valence-corrected chi connectivity index (χ3v) is 3.36. The van der Waals surface area contributed by atoms with Crippen LogP contribution in [0.15, 0.2) is 30.5 Å². The van der Waals surface area contributed by atoms with Crippen LogP contribution < -0.4 is 10.6 Å². The lowest BCUT2D eigenvalue weighted by molar-refractivity contribution is -0.125. The first-order chi connectivity index (χ1) is 10.3. The number of morpholine rings is 1. The molecule has 21 heavy (non-hydrogen) atoms. The zero-order chi connectivity index (χ0) is 14.7. The van der Waals surface area contributed by atoms with E-state index in [-0.39, 0.29) is 12.5 Å². The quantitative estimate of drug-likeness (QED) is 0.872. The molecule has 1 aromatic carbocycles. The van der Waals surface area contributed by atoms with E-state index >= 15 is 0 Å². The van der Waals surface area contributed by atoms with E-state index in [0.29, 0.717) is 26.2 Å². The first kappa shape index (κ1) is 13.7. The van der Waals surface area contributed by atoms with Crippen molar-refractivity contribution >= 4 is 11.6 Å². The standard InChI is InChI=1S/C14H17N5O2/c15-5-6-18-9-13(16-17-18)11-1-3-12(4-2-11)19-7-8-21-10-14(19)20/h1-4,9H,5-8,10,15H2.